The molecular formula is C22H22N2O3. The van der Waals surface area contributed by atoms with E-state index < -0.39 is 0 Å². The molecule has 0 heterocycles. The van der Waals surface area contributed by atoms with E-state index >= 15 is 0 Å². The van der Waals surface area contributed by atoms with Crippen LogP contribution < -0.4 is 10.1 Å². The molecule has 0 aliphatic rings. The summed E-state index contributed by atoms with van der Waals surface area (Å²) in [6.07, 6.45) is 0.218. The summed E-state index contributed by atoms with van der Waals surface area (Å²) < 4.78 is 5.17. The van der Waals surface area contributed by atoms with Gasteiger partial charge in [-0.2, -0.15) is 0 Å². The van der Waals surface area contributed by atoms with Crippen LogP contribution in [0.3, 0.4) is 0 Å². The first-order chi connectivity index (χ1) is 13.1. The lowest BCUT2D eigenvalue weighted by Gasteiger charge is -2.17. The minimum absolute atomic E-state index is 0.00791. The predicted molar refractivity (Wildman–Crippen MR) is 107 cm³/mol. The number of anilines is 1. The van der Waals surface area contributed by atoms with Gasteiger partial charge < -0.3 is 15.0 Å². The fraction of sp³-hybridized carbons (Fsp3) is 0.182. The van der Waals surface area contributed by atoms with E-state index in [0.717, 1.165) is 22.0 Å². The van der Waals surface area contributed by atoms with Crippen molar-refractivity contribution in [1.82, 2.24) is 4.90 Å². The average molecular weight is 362 g/mol. The van der Waals surface area contributed by atoms with Crippen molar-refractivity contribution in [2.75, 3.05) is 26.0 Å². The molecule has 27 heavy (non-hydrogen) atoms. The van der Waals surface area contributed by atoms with E-state index in [2.05, 4.69) is 5.32 Å². The Hall–Kier alpha value is -3.34. The van der Waals surface area contributed by atoms with E-state index in [0.29, 0.717) is 5.75 Å². The van der Waals surface area contributed by atoms with E-state index in [9.17, 15) is 9.59 Å². The second-order valence-electron chi connectivity index (χ2n) is 6.35. The highest BCUT2D eigenvalue weighted by Crippen LogP contribution is 2.22. The highest BCUT2D eigenvalue weighted by molar-refractivity contribution is 6.03. The van der Waals surface area contributed by atoms with Crippen molar-refractivity contribution in [2.24, 2.45) is 0 Å². The monoisotopic (exact) mass is 362 g/mol. The summed E-state index contributed by atoms with van der Waals surface area (Å²) in [5.74, 6) is 0.348. The topological polar surface area (TPSA) is 58.6 Å². The van der Waals surface area contributed by atoms with Gasteiger partial charge in [-0.25, -0.2) is 0 Å². The smallest absolute Gasteiger partial charge is 0.244 e. The van der Waals surface area contributed by atoms with Gasteiger partial charge in [-0.3, -0.25) is 9.59 Å². The normalized spacial score (nSPS) is 10.4. The van der Waals surface area contributed by atoms with Crippen LogP contribution in [0.5, 0.6) is 5.75 Å². The lowest BCUT2D eigenvalue weighted by atomic mass is 10.1. The Morgan fingerprint density at radius 3 is 2.56 bits per heavy atom. The van der Waals surface area contributed by atoms with E-state index in [1.807, 2.05) is 66.7 Å². The summed E-state index contributed by atoms with van der Waals surface area (Å²) in [5, 5.41) is 4.92. The van der Waals surface area contributed by atoms with Gasteiger partial charge in [0.1, 0.15) is 5.75 Å². The number of hydrogen-bond donors (Lipinski definition) is 1. The van der Waals surface area contributed by atoms with Crippen LogP contribution in [0.2, 0.25) is 0 Å². The molecule has 1 N–H and O–H groups in total. The highest BCUT2D eigenvalue weighted by atomic mass is 16.5. The second kappa shape index (κ2) is 8.36. The molecule has 3 rings (SSSR count). The molecule has 3 aromatic rings. The minimum Gasteiger partial charge on any atom is -0.497 e. The lowest BCUT2D eigenvalue weighted by Crippen LogP contribution is -2.35. The maximum absolute atomic E-state index is 12.4. The van der Waals surface area contributed by atoms with Crippen LogP contribution in [-0.2, 0) is 16.0 Å². The van der Waals surface area contributed by atoms with Crippen LogP contribution in [0.15, 0.2) is 66.7 Å². The summed E-state index contributed by atoms with van der Waals surface area (Å²) in [4.78, 5) is 26.2. The molecule has 5 heteroatoms. The average Bonchev–Trinajstić information content (AvgIpc) is 2.68. The van der Waals surface area contributed by atoms with Crippen LogP contribution in [0, 0.1) is 0 Å². The second-order valence-corrected chi connectivity index (χ2v) is 6.35. The molecule has 0 saturated heterocycles. The maximum Gasteiger partial charge on any atom is 0.244 e. The first kappa shape index (κ1) is 18.5. The third kappa shape index (κ3) is 4.64. The molecule has 0 atom stereocenters. The van der Waals surface area contributed by atoms with Gasteiger partial charge in [0.15, 0.2) is 0 Å². The molecule has 5 nitrogen and oxygen atoms in total. The summed E-state index contributed by atoms with van der Waals surface area (Å²) in [7, 11) is 3.22. The number of hydrogen-bond acceptors (Lipinski definition) is 3. The number of likely N-dealkylation sites (N-methyl/N-ethyl adjacent to an activating group) is 1. The number of nitrogens with zero attached hydrogens (tertiary/aromatic N) is 1. The van der Waals surface area contributed by atoms with Crippen molar-refractivity contribution in [3.8, 4) is 5.75 Å². The standard InChI is InChI=1S/C22H22N2O3/c1-24(22(26)14-16-7-5-10-18(13-16)27-2)15-21(25)23-20-12-6-9-17-8-3-4-11-19(17)20/h3-13H,14-15H2,1-2H3,(H,23,25). The zero-order valence-corrected chi connectivity index (χ0v) is 15.4. The zero-order chi connectivity index (χ0) is 19.2. The Labute approximate surface area is 158 Å². The Morgan fingerprint density at radius 1 is 1.00 bits per heavy atom. The molecule has 138 valence electrons. The Kier molecular flexibility index (Phi) is 5.71. The molecule has 0 radical (unpaired) electrons. The number of nitrogens with one attached hydrogen (secondary N) is 1. The number of methoxy groups -OCH3 is 1. The van der Waals surface area contributed by atoms with Crippen molar-refractivity contribution in [2.45, 2.75) is 6.42 Å². The van der Waals surface area contributed by atoms with Crippen molar-refractivity contribution in [1.29, 1.82) is 0 Å². The Balaban J connectivity index is 1.62. The number of fused-ring (bicyclic) bond motifs is 1. The van der Waals surface area contributed by atoms with E-state index in [1.54, 1.807) is 14.2 Å². The van der Waals surface area contributed by atoms with Crippen molar-refractivity contribution in [3.63, 3.8) is 0 Å². The summed E-state index contributed by atoms with van der Waals surface area (Å²) in [6, 6.07) is 21.0. The SMILES string of the molecule is COc1cccc(CC(=O)N(C)CC(=O)Nc2cccc3ccccc23)c1. The largest absolute Gasteiger partial charge is 0.497 e. The van der Waals surface area contributed by atoms with E-state index in [4.69, 9.17) is 4.74 Å². The van der Waals surface area contributed by atoms with Crippen LogP contribution in [-0.4, -0.2) is 37.4 Å². The van der Waals surface area contributed by atoms with Crippen molar-refractivity contribution < 1.29 is 14.3 Å². The molecule has 0 spiro atoms. The Morgan fingerprint density at radius 2 is 1.74 bits per heavy atom. The number of benzene rings is 3. The van der Waals surface area contributed by atoms with Gasteiger partial charge in [-0.15, -0.1) is 0 Å². The quantitative estimate of drug-likeness (QED) is 0.730. The Bertz CT molecular complexity index is 963. The summed E-state index contributed by atoms with van der Waals surface area (Å²) in [5.41, 5.74) is 1.59. The number of carbonyl (C=O) groups excluding carboxylic acids is 2. The molecule has 0 unspecified atom stereocenters. The third-order valence-electron chi connectivity index (χ3n) is 4.36. The van der Waals surface area contributed by atoms with Crippen LogP contribution in [0.4, 0.5) is 5.69 Å². The molecule has 0 aliphatic heterocycles. The molecule has 0 aliphatic carbocycles. The molecule has 0 aromatic heterocycles. The fourth-order valence-electron chi connectivity index (χ4n) is 2.92. The highest BCUT2D eigenvalue weighted by Gasteiger charge is 2.14. The summed E-state index contributed by atoms with van der Waals surface area (Å²) >= 11 is 0. The number of carbonyl (C=O) groups is 2. The van der Waals surface area contributed by atoms with Gasteiger partial charge in [0, 0.05) is 18.1 Å². The molecule has 0 saturated carbocycles. The molecule has 3 aromatic carbocycles. The van der Waals surface area contributed by atoms with Gasteiger partial charge in [0.25, 0.3) is 0 Å². The minimum atomic E-state index is -0.229. The third-order valence-corrected chi connectivity index (χ3v) is 4.36. The first-order valence-electron chi connectivity index (χ1n) is 8.71. The number of rotatable bonds is 6. The molecular weight excluding hydrogens is 340 g/mol. The van der Waals surface area contributed by atoms with Crippen LogP contribution >= 0.6 is 0 Å². The maximum atomic E-state index is 12.4. The summed E-state index contributed by atoms with van der Waals surface area (Å²) in [6.45, 7) is -0.00791. The van der Waals surface area contributed by atoms with Gasteiger partial charge in [0.05, 0.1) is 20.1 Å². The molecule has 0 bridgehead atoms. The molecule has 0 fully saturated rings. The van der Waals surface area contributed by atoms with Gasteiger partial charge in [-0.1, -0.05) is 48.5 Å². The van der Waals surface area contributed by atoms with Crippen molar-refractivity contribution in [3.05, 3.63) is 72.3 Å². The van der Waals surface area contributed by atoms with Gasteiger partial charge >= 0.3 is 0 Å². The van der Waals surface area contributed by atoms with E-state index in [-0.39, 0.29) is 24.8 Å². The van der Waals surface area contributed by atoms with E-state index in [1.165, 1.54) is 4.90 Å². The molecule has 2 amide bonds. The lowest BCUT2D eigenvalue weighted by molar-refractivity contribution is -0.132. The number of ether oxygens (including phenoxy) is 1. The van der Waals surface area contributed by atoms with Crippen molar-refractivity contribution >= 4 is 28.3 Å². The van der Waals surface area contributed by atoms with Crippen LogP contribution in [0.1, 0.15) is 5.56 Å². The first-order valence-corrected chi connectivity index (χ1v) is 8.71. The predicted octanol–water partition coefficient (Wildman–Crippen LogP) is 3.49. The zero-order valence-electron chi connectivity index (χ0n) is 15.4. The van der Waals surface area contributed by atoms with Gasteiger partial charge in [-0.05, 0) is 29.1 Å². The van der Waals surface area contributed by atoms with Crippen LogP contribution in [0.25, 0.3) is 10.8 Å². The van der Waals surface area contributed by atoms with Gasteiger partial charge in [0.2, 0.25) is 11.8 Å². The number of amides is 2. The fourth-order valence-corrected chi connectivity index (χ4v) is 2.92.